The SMILES string of the molecule is C=CCn1c(SC[C@H](O)CC#N)nnc1-c1ccco1. The molecule has 1 atom stereocenters. The van der Waals surface area contributed by atoms with Crippen molar-refractivity contribution in [1.29, 1.82) is 5.26 Å². The molecule has 2 heterocycles. The number of nitrogens with zero attached hydrogens (tertiary/aromatic N) is 4. The molecule has 2 rings (SSSR count). The molecule has 104 valence electrons. The normalized spacial score (nSPS) is 12.0. The van der Waals surface area contributed by atoms with Crippen molar-refractivity contribution in [1.82, 2.24) is 14.8 Å². The first-order chi connectivity index (χ1) is 9.76. The molecule has 0 aliphatic carbocycles. The predicted molar refractivity (Wildman–Crippen MR) is 74.9 cm³/mol. The third-order valence-corrected chi connectivity index (χ3v) is 3.61. The highest BCUT2D eigenvalue weighted by molar-refractivity contribution is 7.99. The Morgan fingerprint density at radius 2 is 2.45 bits per heavy atom. The first kappa shape index (κ1) is 14.4. The smallest absolute Gasteiger partial charge is 0.200 e. The third-order valence-electron chi connectivity index (χ3n) is 2.50. The van der Waals surface area contributed by atoms with E-state index in [9.17, 15) is 5.11 Å². The molecule has 0 saturated heterocycles. The van der Waals surface area contributed by atoms with Crippen molar-refractivity contribution in [3.8, 4) is 17.7 Å². The number of furan rings is 1. The van der Waals surface area contributed by atoms with E-state index in [4.69, 9.17) is 9.68 Å². The van der Waals surface area contributed by atoms with Gasteiger partial charge in [-0.2, -0.15) is 5.26 Å². The summed E-state index contributed by atoms with van der Waals surface area (Å²) in [5.74, 6) is 1.64. The van der Waals surface area contributed by atoms with Gasteiger partial charge in [0.2, 0.25) is 5.82 Å². The maximum Gasteiger partial charge on any atom is 0.200 e. The number of aliphatic hydroxyl groups is 1. The molecule has 0 saturated carbocycles. The maximum absolute atomic E-state index is 9.58. The number of hydrogen-bond acceptors (Lipinski definition) is 6. The van der Waals surface area contributed by atoms with Crippen molar-refractivity contribution in [3.63, 3.8) is 0 Å². The Morgan fingerprint density at radius 1 is 1.60 bits per heavy atom. The van der Waals surface area contributed by atoms with Crippen LogP contribution in [0.1, 0.15) is 6.42 Å². The molecular weight excluding hydrogens is 276 g/mol. The van der Waals surface area contributed by atoms with Crippen LogP contribution < -0.4 is 0 Å². The van der Waals surface area contributed by atoms with Gasteiger partial charge in [-0.15, -0.1) is 16.8 Å². The van der Waals surface area contributed by atoms with Crippen LogP contribution in [0.5, 0.6) is 0 Å². The van der Waals surface area contributed by atoms with Gasteiger partial charge in [-0.05, 0) is 12.1 Å². The summed E-state index contributed by atoms with van der Waals surface area (Å²) in [5.41, 5.74) is 0. The van der Waals surface area contributed by atoms with Crippen LogP contribution in [0, 0.1) is 11.3 Å². The van der Waals surface area contributed by atoms with E-state index in [1.54, 1.807) is 18.4 Å². The average molecular weight is 290 g/mol. The average Bonchev–Trinajstić information content (AvgIpc) is 3.06. The van der Waals surface area contributed by atoms with Gasteiger partial charge in [0.1, 0.15) is 0 Å². The topological polar surface area (TPSA) is 87.9 Å². The predicted octanol–water partition coefficient (Wildman–Crippen LogP) is 2.09. The summed E-state index contributed by atoms with van der Waals surface area (Å²) in [6, 6.07) is 5.53. The standard InChI is InChI=1S/C13H14N4O2S/c1-2-7-17-12(11-4-3-8-19-11)15-16-13(17)20-9-10(18)5-6-14/h2-4,8,10,18H,1,5,7,9H2/t10-/m1/s1. The molecule has 7 heteroatoms. The third kappa shape index (κ3) is 3.29. The molecule has 0 spiro atoms. The zero-order valence-electron chi connectivity index (χ0n) is 10.8. The monoisotopic (exact) mass is 290 g/mol. The lowest BCUT2D eigenvalue weighted by Crippen LogP contribution is -2.09. The Bertz CT molecular complexity index is 600. The van der Waals surface area contributed by atoms with Crippen molar-refractivity contribution in [2.24, 2.45) is 0 Å². The molecular formula is C13H14N4O2S. The molecule has 0 unspecified atom stereocenters. The number of rotatable bonds is 7. The van der Waals surface area contributed by atoms with Crippen LogP contribution in [0.2, 0.25) is 0 Å². The van der Waals surface area contributed by atoms with E-state index in [0.717, 1.165) is 0 Å². The first-order valence-corrected chi connectivity index (χ1v) is 7.00. The summed E-state index contributed by atoms with van der Waals surface area (Å²) in [4.78, 5) is 0. The molecule has 2 aromatic rings. The molecule has 0 bridgehead atoms. The number of aromatic nitrogens is 3. The van der Waals surface area contributed by atoms with E-state index >= 15 is 0 Å². The van der Waals surface area contributed by atoms with Crippen LogP contribution in [0.15, 0.2) is 40.6 Å². The Morgan fingerprint density at radius 3 is 3.10 bits per heavy atom. The van der Waals surface area contributed by atoms with Crippen LogP contribution in [-0.2, 0) is 6.54 Å². The van der Waals surface area contributed by atoms with Gasteiger partial charge in [0.15, 0.2) is 10.9 Å². The summed E-state index contributed by atoms with van der Waals surface area (Å²) in [6.45, 7) is 4.26. The van der Waals surface area contributed by atoms with Gasteiger partial charge in [0.05, 0.1) is 24.9 Å². The highest BCUT2D eigenvalue weighted by Crippen LogP contribution is 2.25. The minimum atomic E-state index is -0.675. The zero-order valence-corrected chi connectivity index (χ0v) is 11.6. The van der Waals surface area contributed by atoms with E-state index in [2.05, 4.69) is 16.8 Å². The number of nitriles is 1. The molecule has 0 radical (unpaired) electrons. The summed E-state index contributed by atoms with van der Waals surface area (Å²) < 4.78 is 7.18. The Balaban J connectivity index is 2.17. The minimum Gasteiger partial charge on any atom is -0.461 e. The van der Waals surface area contributed by atoms with E-state index in [-0.39, 0.29) is 6.42 Å². The highest BCUT2D eigenvalue weighted by atomic mass is 32.2. The lowest BCUT2D eigenvalue weighted by atomic mass is 10.3. The number of hydrogen-bond donors (Lipinski definition) is 1. The van der Waals surface area contributed by atoms with Crippen molar-refractivity contribution in [2.75, 3.05) is 5.75 Å². The second-order valence-corrected chi connectivity index (χ2v) is 5.00. The molecule has 0 aliphatic heterocycles. The lowest BCUT2D eigenvalue weighted by Gasteiger charge is -2.08. The molecule has 0 aromatic carbocycles. The van der Waals surface area contributed by atoms with Crippen LogP contribution >= 0.6 is 11.8 Å². The summed E-state index contributed by atoms with van der Waals surface area (Å²) in [7, 11) is 0. The second-order valence-electron chi connectivity index (χ2n) is 4.01. The highest BCUT2D eigenvalue weighted by Gasteiger charge is 2.16. The number of thioether (sulfide) groups is 1. The van der Waals surface area contributed by atoms with Gasteiger partial charge >= 0.3 is 0 Å². The molecule has 6 nitrogen and oxygen atoms in total. The van der Waals surface area contributed by atoms with Crippen LogP contribution in [0.4, 0.5) is 0 Å². The summed E-state index contributed by atoms with van der Waals surface area (Å²) >= 11 is 1.35. The van der Waals surface area contributed by atoms with Crippen LogP contribution in [0.3, 0.4) is 0 Å². The van der Waals surface area contributed by atoms with Crippen LogP contribution in [0.25, 0.3) is 11.6 Å². The van der Waals surface area contributed by atoms with Crippen molar-refractivity contribution in [2.45, 2.75) is 24.2 Å². The van der Waals surface area contributed by atoms with E-state index < -0.39 is 6.10 Å². The van der Waals surface area contributed by atoms with Gasteiger partial charge in [0, 0.05) is 12.3 Å². The Labute approximate surface area is 120 Å². The fraction of sp³-hybridized carbons (Fsp3) is 0.308. The molecule has 1 N–H and O–H groups in total. The number of allylic oxidation sites excluding steroid dienone is 1. The minimum absolute atomic E-state index is 0.105. The van der Waals surface area contributed by atoms with Gasteiger partial charge in [-0.25, -0.2) is 0 Å². The molecule has 0 fully saturated rings. The van der Waals surface area contributed by atoms with Gasteiger partial charge < -0.3 is 9.52 Å². The van der Waals surface area contributed by atoms with Gasteiger partial charge in [-0.1, -0.05) is 17.8 Å². The maximum atomic E-state index is 9.58. The summed E-state index contributed by atoms with van der Waals surface area (Å²) in [5, 5.41) is 27.0. The van der Waals surface area contributed by atoms with E-state index in [0.29, 0.717) is 29.0 Å². The van der Waals surface area contributed by atoms with E-state index in [1.165, 1.54) is 11.8 Å². The molecule has 0 amide bonds. The largest absolute Gasteiger partial charge is 0.461 e. The summed E-state index contributed by atoms with van der Waals surface area (Å²) in [6.07, 6.45) is 2.75. The van der Waals surface area contributed by atoms with Crippen molar-refractivity contribution < 1.29 is 9.52 Å². The van der Waals surface area contributed by atoms with E-state index in [1.807, 2.05) is 16.7 Å². The van der Waals surface area contributed by atoms with Crippen molar-refractivity contribution in [3.05, 3.63) is 31.1 Å². The fourth-order valence-electron chi connectivity index (χ4n) is 1.61. The molecule has 0 aliphatic rings. The Kier molecular flexibility index (Phi) is 4.98. The van der Waals surface area contributed by atoms with Gasteiger partial charge in [-0.3, -0.25) is 4.57 Å². The zero-order chi connectivity index (χ0) is 14.4. The molecule has 20 heavy (non-hydrogen) atoms. The fourth-order valence-corrected chi connectivity index (χ4v) is 2.49. The van der Waals surface area contributed by atoms with Crippen LogP contribution in [-0.4, -0.2) is 31.7 Å². The van der Waals surface area contributed by atoms with Gasteiger partial charge in [0.25, 0.3) is 0 Å². The number of aliphatic hydroxyl groups excluding tert-OH is 1. The lowest BCUT2D eigenvalue weighted by molar-refractivity contribution is 0.205. The quantitative estimate of drug-likeness (QED) is 0.620. The second kappa shape index (κ2) is 6.93. The Hall–Kier alpha value is -2.04. The van der Waals surface area contributed by atoms with Crippen molar-refractivity contribution >= 4 is 11.8 Å². The molecule has 2 aromatic heterocycles. The first-order valence-electron chi connectivity index (χ1n) is 6.02.